The zero-order chi connectivity index (χ0) is 14.7. The number of benzene rings is 1. The second-order valence-electron chi connectivity index (χ2n) is 3.31. The van der Waals surface area contributed by atoms with Crippen molar-refractivity contribution in [3.8, 4) is 11.5 Å². The molecule has 0 radical (unpaired) electrons. The summed E-state index contributed by atoms with van der Waals surface area (Å²) in [5.74, 6) is -1.12. The molecule has 9 heteroatoms. The molecule has 0 heterocycles. The average molecular weight is 353 g/mol. The third-order valence-electron chi connectivity index (χ3n) is 1.82. The first kappa shape index (κ1) is 15.9. The highest BCUT2D eigenvalue weighted by Gasteiger charge is 2.38. The molecule has 0 aliphatic rings. The summed E-state index contributed by atoms with van der Waals surface area (Å²) in [7, 11) is 0. The molecule has 0 saturated heterocycles. The van der Waals surface area contributed by atoms with Crippen molar-refractivity contribution >= 4 is 15.9 Å². The predicted molar refractivity (Wildman–Crippen MR) is 57.4 cm³/mol. The van der Waals surface area contributed by atoms with Gasteiger partial charge in [0.1, 0.15) is 11.4 Å². The summed E-state index contributed by atoms with van der Waals surface area (Å²) in [6, 6.07) is 4.58. The van der Waals surface area contributed by atoms with E-state index in [0.29, 0.717) is 0 Å². The molecule has 1 unspecified atom stereocenters. The van der Waals surface area contributed by atoms with Gasteiger partial charge in [-0.1, -0.05) is 28.1 Å². The molecule has 108 valence electrons. The Morgan fingerprint density at radius 3 is 2.00 bits per heavy atom. The van der Waals surface area contributed by atoms with E-state index in [1.54, 1.807) is 0 Å². The molecule has 0 N–H and O–H groups in total. The normalized spacial score (nSPS) is 14.1. The van der Waals surface area contributed by atoms with Crippen LogP contribution in [-0.4, -0.2) is 24.0 Å². The summed E-state index contributed by atoms with van der Waals surface area (Å²) in [5, 5.41) is 0. The largest absolute Gasteiger partial charge is 0.573 e. The Labute approximate surface area is 112 Å². The van der Waals surface area contributed by atoms with Crippen LogP contribution in [0.5, 0.6) is 11.5 Å². The lowest BCUT2D eigenvalue weighted by atomic mass is 10.3. The highest BCUT2D eigenvalue weighted by Crippen LogP contribution is 2.33. The van der Waals surface area contributed by atoms with E-state index in [1.807, 2.05) is 0 Å². The van der Waals surface area contributed by atoms with Crippen LogP contribution in [0.25, 0.3) is 0 Å². The lowest BCUT2D eigenvalue weighted by Gasteiger charge is -2.17. The van der Waals surface area contributed by atoms with Crippen molar-refractivity contribution in [3.63, 3.8) is 0 Å². The van der Waals surface area contributed by atoms with E-state index in [0.717, 1.165) is 12.1 Å². The van der Waals surface area contributed by atoms with E-state index < -0.39 is 35.5 Å². The van der Waals surface area contributed by atoms with Crippen LogP contribution in [0.3, 0.4) is 0 Å². The Hall–Kier alpha value is -1.12. The maximum Gasteiger partial charge on any atom is 0.573 e. The summed E-state index contributed by atoms with van der Waals surface area (Å²) < 4.78 is 81.0. The fourth-order valence-electron chi connectivity index (χ4n) is 1.04. The number of para-hydroxylation sites is 2. The lowest BCUT2D eigenvalue weighted by Crippen LogP contribution is -2.29. The molecule has 0 amide bonds. The highest BCUT2D eigenvalue weighted by molar-refractivity contribution is 9.09. The van der Waals surface area contributed by atoms with Gasteiger partial charge in [-0.2, -0.15) is 13.2 Å². The van der Waals surface area contributed by atoms with Crippen LogP contribution in [-0.2, 0) is 0 Å². The van der Waals surface area contributed by atoms with Gasteiger partial charge >= 0.3 is 12.5 Å². The van der Waals surface area contributed by atoms with E-state index in [1.165, 1.54) is 12.1 Å². The number of alkyl halides is 7. The number of hydrogen-bond acceptors (Lipinski definition) is 2. The first-order valence-electron chi connectivity index (χ1n) is 4.78. The van der Waals surface area contributed by atoms with Gasteiger partial charge in [0.05, 0.1) is 0 Å². The van der Waals surface area contributed by atoms with Gasteiger partial charge in [-0.25, -0.2) is 0 Å². The molecule has 0 bridgehead atoms. The van der Waals surface area contributed by atoms with E-state index in [4.69, 9.17) is 0 Å². The minimum Gasteiger partial charge on any atom is -0.488 e. The molecule has 0 aliphatic carbocycles. The van der Waals surface area contributed by atoms with Crippen LogP contribution in [0.4, 0.5) is 26.3 Å². The Morgan fingerprint density at radius 1 is 1.00 bits per heavy atom. The minimum atomic E-state index is -4.95. The fraction of sp³-hybridized carbons (Fsp3) is 0.400. The molecule has 0 aliphatic heterocycles. The number of rotatable bonds is 4. The first-order valence-corrected chi connectivity index (χ1v) is 5.69. The molecule has 0 fully saturated rings. The monoisotopic (exact) mass is 352 g/mol. The summed E-state index contributed by atoms with van der Waals surface area (Å²) >= 11 is 2.33. The smallest absolute Gasteiger partial charge is 0.488 e. The van der Waals surface area contributed by atoms with E-state index in [9.17, 15) is 26.3 Å². The maximum atomic E-state index is 12.2. The van der Waals surface area contributed by atoms with Crippen LogP contribution in [0.15, 0.2) is 24.3 Å². The Kier molecular flexibility index (Phi) is 4.94. The molecule has 0 saturated carbocycles. The van der Waals surface area contributed by atoms with Gasteiger partial charge in [0.25, 0.3) is 0 Å². The van der Waals surface area contributed by atoms with Crippen LogP contribution >= 0.6 is 15.9 Å². The molecule has 2 nitrogen and oxygen atoms in total. The van der Waals surface area contributed by atoms with E-state index in [-0.39, 0.29) is 0 Å². The molecule has 0 spiro atoms. The Balaban J connectivity index is 2.74. The summed E-state index contributed by atoms with van der Waals surface area (Å²) in [5.41, 5.74) is 0. The van der Waals surface area contributed by atoms with Crippen LogP contribution in [0.1, 0.15) is 0 Å². The molecule has 19 heavy (non-hydrogen) atoms. The van der Waals surface area contributed by atoms with Gasteiger partial charge < -0.3 is 9.47 Å². The van der Waals surface area contributed by atoms with Gasteiger partial charge in [0.15, 0.2) is 11.5 Å². The van der Waals surface area contributed by atoms with Crippen molar-refractivity contribution in [1.29, 1.82) is 0 Å². The quantitative estimate of drug-likeness (QED) is 0.594. The minimum absolute atomic E-state index is 0.423. The Bertz CT molecular complexity index is 417. The van der Waals surface area contributed by atoms with Crippen molar-refractivity contribution < 1.29 is 35.8 Å². The number of ether oxygens (including phenoxy) is 2. The van der Waals surface area contributed by atoms with Crippen molar-refractivity contribution in [2.45, 2.75) is 17.4 Å². The molecule has 1 aromatic carbocycles. The standard InChI is InChI=1S/C10H7BrF6O2/c11-8(9(12,13)14)5-18-6-3-1-2-4-7(6)19-10(15,16)17/h1-4,8H,5H2. The van der Waals surface area contributed by atoms with Gasteiger partial charge in [-0.05, 0) is 12.1 Å². The molecule has 1 rings (SSSR count). The molecule has 1 aromatic rings. The second kappa shape index (κ2) is 5.89. The number of hydrogen-bond donors (Lipinski definition) is 0. The van der Waals surface area contributed by atoms with Crippen LogP contribution in [0, 0.1) is 0 Å². The van der Waals surface area contributed by atoms with Gasteiger partial charge in [0, 0.05) is 0 Å². The zero-order valence-corrected chi connectivity index (χ0v) is 10.6. The molecular formula is C10H7BrF6O2. The van der Waals surface area contributed by atoms with Crippen LogP contribution < -0.4 is 9.47 Å². The van der Waals surface area contributed by atoms with Crippen molar-refractivity contribution in [1.82, 2.24) is 0 Å². The van der Waals surface area contributed by atoms with E-state index in [2.05, 4.69) is 25.4 Å². The third-order valence-corrected chi connectivity index (χ3v) is 2.60. The number of halogens is 7. The molecular weight excluding hydrogens is 346 g/mol. The van der Waals surface area contributed by atoms with Crippen molar-refractivity contribution in [2.75, 3.05) is 6.61 Å². The second-order valence-corrected chi connectivity index (χ2v) is 4.42. The van der Waals surface area contributed by atoms with Gasteiger partial charge in [-0.15, -0.1) is 13.2 Å². The predicted octanol–water partition coefficient (Wildman–Crippen LogP) is 4.29. The van der Waals surface area contributed by atoms with Crippen molar-refractivity contribution in [3.05, 3.63) is 24.3 Å². The summed E-state index contributed by atoms with van der Waals surface area (Å²) in [6.45, 7) is -0.873. The van der Waals surface area contributed by atoms with Gasteiger partial charge in [0.2, 0.25) is 0 Å². The summed E-state index contributed by atoms with van der Waals surface area (Å²) in [4.78, 5) is -1.99. The van der Waals surface area contributed by atoms with Crippen LogP contribution in [0.2, 0.25) is 0 Å². The van der Waals surface area contributed by atoms with Gasteiger partial charge in [-0.3, -0.25) is 0 Å². The average Bonchev–Trinajstić information content (AvgIpc) is 2.24. The Morgan fingerprint density at radius 2 is 1.53 bits per heavy atom. The lowest BCUT2D eigenvalue weighted by molar-refractivity contribution is -0.275. The topological polar surface area (TPSA) is 18.5 Å². The molecule has 1 atom stereocenters. The third kappa shape index (κ3) is 5.58. The maximum absolute atomic E-state index is 12.2. The molecule has 0 aromatic heterocycles. The summed E-state index contributed by atoms with van der Waals surface area (Å²) in [6.07, 6.45) is -9.50. The SMILES string of the molecule is FC(F)(F)Oc1ccccc1OCC(Br)C(F)(F)F. The zero-order valence-electron chi connectivity index (χ0n) is 9.06. The van der Waals surface area contributed by atoms with Crippen molar-refractivity contribution in [2.24, 2.45) is 0 Å². The highest BCUT2D eigenvalue weighted by atomic mass is 79.9. The fourth-order valence-corrected chi connectivity index (χ4v) is 1.17. The van der Waals surface area contributed by atoms with E-state index >= 15 is 0 Å². The first-order chi connectivity index (χ1) is 8.59.